The minimum atomic E-state index is -3.72. The summed E-state index contributed by atoms with van der Waals surface area (Å²) in [6.07, 6.45) is 3.21. The third-order valence-corrected chi connectivity index (χ3v) is 4.78. The molecule has 120 valence electrons. The molecular formula is C13H14N6O3S. The van der Waals surface area contributed by atoms with E-state index in [0.29, 0.717) is 17.0 Å². The second kappa shape index (κ2) is 5.89. The first kappa shape index (κ1) is 15.3. The summed E-state index contributed by atoms with van der Waals surface area (Å²) in [4.78, 5) is 4.09. The monoisotopic (exact) mass is 334 g/mol. The van der Waals surface area contributed by atoms with E-state index < -0.39 is 10.0 Å². The Morgan fingerprint density at radius 3 is 2.78 bits per heavy atom. The predicted octanol–water partition coefficient (Wildman–Crippen LogP) is 0.950. The lowest BCUT2D eigenvalue weighted by Gasteiger charge is -2.04. The second-order valence-electron chi connectivity index (χ2n) is 4.83. The van der Waals surface area contributed by atoms with Crippen molar-refractivity contribution in [1.82, 2.24) is 30.1 Å². The number of pyridine rings is 1. The van der Waals surface area contributed by atoms with Crippen LogP contribution in [0.4, 0.5) is 0 Å². The van der Waals surface area contributed by atoms with Crippen molar-refractivity contribution in [2.75, 3.05) is 0 Å². The fourth-order valence-electron chi connectivity index (χ4n) is 2.10. The van der Waals surface area contributed by atoms with Crippen molar-refractivity contribution < 1.29 is 12.8 Å². The van der Waals surface area contributed by atoms with E-state index in [-0.39, 0.29) is 23.2 Å². The number of nitrogens with zero attached hydrogens (tertiary/aromatic N) is 4. The summed E-state index contributed by atoms with van der Waals surface area (Å²) < 4.78 is 32.5. The van der Waals surface area contributed by atoms with E-state index >= 15 is 0 Å². The molecule has 0 aliphatic heterocycles. The molecule has 23 heavy (non-hydrogen) atoms. The molecule has 0 saturated carbocycles. The molecule has 0 aliphatic carbocycles. The van der Waals surface area contributed by atoms with E-state index in [4.69, 9.17) is 4.42 Å². The Kier molecular flexibility index (Phi) is 3.92. The topological polar surface area (TPSA) is 127 Å². The van der Waals surface area contributed by atoms with Crippen molar-refractivity contribution in [2.24, 2.45) is 0 Å². The molecule has 3 aromatic rings. The van der Waals surface area contributed by atoms with Crippen molar-refractivity contribution >= 4 is 10.0 Å². The first-order valence-corrected chi connectivity index (χ1v) is 8.19. The van der Waals surface area contributed by atoms with Gasteiger partial charge >= 0.3 is 0 Å². The highest BCUT2D eigenvalue weighted by molar-refractivity contribution is 7.89. The van der Waals surface area contributed by atoms with Crippen LogP contribution in [0, 0.1) is 13.8 Å². The van der Waals surface area contributed by atoms with Gasteiger partial charge in [0.25, 0.3) is 0 Å². The number of aryl methyl sites for hydroxylation is 2. The number of aromatic amines is 1. The summed E-state index contributed by atoms with van der Waals surface area (Å²) in [6, 6.07) is 3.51. The lowest BCUT2D eigenvalue weighted by molar-refractivity contribution is 0.494. The standard InChI is InChI=1S/C13H14N6O3S/c1-8-12(9(2)17-16-8)23(20,21)15-7-11-18-19-13(22-11)10-4-3-5-14-6-10/h3-6,15H,7H2,1-2H3,(H,16,17). The summed E-state index contributed by atoms with van der Waals surface area (Å²) >= 11 is 0. The SMILES string of the molecule is Cc1n[nH]c(C)c1S(=O)(=O)NCc1nnc(-c2cccnc2)o1. The molecule has 3 rings (SSSR count). The van der Waals surface area contributed by atoms with E-state index in [2.05, 4.69) is 30.1 Å². The summed E-state index contributed by atoms with van der Waals surface area (Å²) in [6.45, 7) is 3.15. The summed E-state index contributed by atoms with van der Waals surface area (Å²) in [5.41, 5.74) is 1.53. The molecule has 0 saturated heterocycles. The zero-order valence-corrected chi connectivity index (χ0v) is 13.3. The van der Waals surface area contributed by atoms with Crippen LogP contribution >= 0.6 is 0 Å². The molecule has 3 aromatic heterocycles. The molecule has 0 amide bonds. The maximum Gasteiger partial charge on any atom is 0.249 e. The number of hydrogen-bond donors (Lipinski definition) is 2. The van der Waals surface area contributed by atoms with Gasteiger partial charge in [0.05, 0.1) is 23.5 Å². The van der Waals surface area contributed by atoms with Crippen LogP contribution in [0.15, 0.2) is 33.8 Å². The molecule has 2 N–H and O–H groups in total. The smallest absolute Gasteiger partial charge is 0.249 e. The summed E-state index contributed by atoms with van der Waals surface area (Å²) in [5, 5.41) is 14.2. The predicted molar refractivity (Wildman–Crippen MR) is 79.6 cm³/mol. The van der Waals surface area contributed by atoms with Gasteiger partial charge in [-0.05, 0) is 26.0 Å². The molecule has 0 unspecified atom stereocenters. The van der Waals surface area contributed by atoms with E-state index in [1.165, 1.54) is 0 Å². The zero-order valence-electron chi connectivity index (χ0n) is 12.4. The van der Waals surface area contributed by atoms with E-state index in [1.54, 1.807) is 38.4 Å². The molecule has 0 bridgehead atoms. The minimum absolute atomic E-state index is 0.111. The van der Waals surface area contributed by atoms with Gasteiger partial charge in [-0.1, -0.05) is 0 Å². The Balaban J connectivity index is 1.75. The molecule has 0 aliphatic rings. The number of aromatic nitrogens is 5. The molecule has 10 heteroatoms. The van der Waals surface area contributed by atoms with Crippen LogP contribution in [0.1, 0.15) is 17.3 Å². The van der Waals surface area contributed by atoms with E-state index in [1.807, 2.05) is 0 Å². The lowest BCUT2D eigenvalue weighted by atomic mass is 10.3. The molecule has 0 radical (unpaired) electrons. The second-order valence-corrected chi connectivity index (χ2v) is 6.53. The Labute approximate surface area is 132 Å². The van der Waals surface area contributed by atoms with Crippen molar-refractivity contribution in [3.63, 3.8) is 0 Å². The average molecular weight is 334 g/mol. The number of hydrogen-bond acceptors (Lipinski definition) is 7. The van der Waals surface area contributed by atoms with Gasteiger partial charge in [-0.15, -0.1) is 10.2 Å². The molecule has 3 heterocycles. The van der Waals surface area contributed by atoms with Gasteiger partial charge in [-0.25, -0.2) is 13.1 Å². The first-order chi connectivity index (χ1) is 11.0. The summed E-state index contributed by atoms with van der Waals surface area (Å²) in [7, 11) is -3.72. The van der Waals surface area contributed by atoms with Crippen LogP contribution in [0.3, 0.4) is 0 Å². The molecule has 0 atom stereocenters. The average Bonchev–Trinajstić information content (AvgIpc) is 3.13. The van der Waals surface area contributed by atoms with Crippen molar-refractivity contribution in [3.05, 3.63) is 41.8 Å². The highest BCUT2D eigenvalue weighted by atomic mass is 32.2. The Morgan fingerprint density at radius 2 is 2.13 bits per heavy atom. The van der Waals surface area contributed by atoms with Crippen molar-refractivity contribution in [3.8, 4) is 11.5 Å². The first-order valence-electron chi connectivity index (χ1n) is 6.71. The Hall–Kier alpha value is -2.59. The number of rotatable bonds is 5. The Bertz CT molecular complexity index is 897. The quantitative estimate of drug-likeness (QED) is 0.711. The van der Waals surface area contributed by atoms with Crippen LogP contribution in [0.25, 0.3) is 11.5 Å². The number of nitrogens with one attached hydrogen (secondary N) is 2. The number of H-pyrrole nitrogens is 1. The largest absolute Gasteiger partial charge is 0.419 e. The maximum atomic E-state index is 12.3. The molecule has 9 nitrogen and oxygen atoms in total. The van der Waals surface area contributed by atoms with Crippen molar-refractivity contribution in [2.45, 2.75) is 25.3 Å². The normalized spacial score (nSPS) is 11.7. The van der Waals surface area contributed by atoms with E-state index in [0.717, 1.165) is 0 Å². The maximum absolute atomic E-state index is 12.3. The highest BCUT2D eigenvalue weighted by Crippen LogP contribution is 2.18. The fraction of sp³-hybridized carbons (Fsp3) is 0.231. The van der Waals surface area contributed by atoms with Crippen LogP contribution < -0.4 is 4.72 Å². The van der Waals surface area contributed by atoms with Gasteiger partial charge in [0.2, 0.25) is 21.8 Å². The third-order valence-electron chi connectivity index (χ3n) is 3.12. The highest BCUT2D eigenvalue weighted by Gasteiger charge is 2.22. The van der Waals surface area contributed by atoms with Gasteiger partial charge in [0.1, 0.15) is 4.90 Å². The van der Waals surface area contributed by atoms with Gasteiger partial charge in [-0.2, -0.15) is 5.10 Å². The van der Waals surface area contributed by atoms with Gasteiger partial charge < -0.3 is 4.42 Å². The summed E-state index contributed by atoms with van der Waals surface area (Å²) in [5.74, 6) is 0.439. The zero-order chi connectivity index (χ0) is 16.4. The van der Waals surface area contributed by atoms with Gasteiger partial charge in [-0.3, -0.25) is 10.1 Å². The van der Waals surface area contributed by atoms with Gasteiger partial charge in [0.15, 0.2) is 0 Å². The lowest BCUT2D eigenvalue weighted by Crippen LogP contribution is -2.24. The van der Waals surface area contributed by atoms with Crippen LogP contribution in [-0.2, 0) is 16.6 Å². The molecule has 0 fully saturated rings. The van der Waals surface area contributed by atoms with E-state index in [9.17, 15) is 8.42 Å². The minimum Gasteiger partial charge on any atom is -0.419 e. The van der Waals surface area contributed by atoms with Crippen LogP contribution in [0.2, 0.25) is 0 Å². The number of sulfonamides is 1. The molecule has 0 spiro atoms. The Morgan fingerprint density at radius 1 is 1.30 bits per heavy atom. The third kappa shape index (κ3) is 3.12. The fourth-order valence-corrected chi connectivity index (χ4v) is 3.44. The van der Waals surface area contributed by atoms with Crippen LogP contribution in [0.5, 0.6) is 0 Å². The van der Waals surface area contributed by atoms with Crippen LogP contribution in [-0.4, -0.2) is 33.8 Å². The van der Waals surface area contributed by atoms with Gasteiger partial charge in [0, 0.05) is 12.4 Å². The van der Waals surface area contributed by atoms with Crippen molar-refractivity contribution in [1.29, 1.82) is 0 Å². The molecule has 0 aromatic carbocycles. The molecular weight excluding hydrogens is 320 g/mol.